The summed E-state index contributed by atoms with van der Waals surface area (Å²) >= 11 is 1.77. The molecule has 3 aliphatic rings. The minimum absolute atomic E-state index is 0.0249. The molecule has 4 rings (SSSR count). The topological polar surface area (TPSA) is 91.7 Å². The molecule has 1 fully saturated rings. The maximum Gasteiger partial charge on any atom is 0.189 e. The summed E-state index contributed by atoms with van der Waals surface area (Å²) in [7, 11) is 1.50. The molecule has 0 bridgehead atoms. The zero-order valence-electron chi connectivity index (χ0n) is 24.3. The number of nitrogens with one attached hydrogen (secondary N) is 3. The highest BCUT2D eigenvalue weighted by Crippen LogP contribution is 2.31. The molecule has 3 aliphatic heterocycles. The summed E-state index contributed by atoms with van der Waals surface area (Å²) in [5, 5.41) is 10.2. The Morgan fingerprint density at radius 1 is 1.00 bits per heavy atom. The second-order valence-corrected chi connectivity index (χ2v) is 9.95. The Bertz CT molecular complexity index is 813. The van der Waals surface area contributed by atoms with Crippen LogP contribution < -0.4 is 26.6 Å². The molecule has 1 saturated heterocycles. The van der Waals surface area contributed by atoms with Crippen LogP contribution in [0, 0.1) is 5.41 Å². The molecule has 210 valence electrons. The summed E-state index contributed by atoms with van der Waals surface area (Å²) in [5.74, 6) is 0.992. The largest absolute Gasteiger partial charge is 0.469 e. The molecule has 0 amide bonds. The summed E-state index contributed by atoms with van der Waals surface area (Å²) in [6.07, 6.45) is 12.1. The van der Waals surface area contributed by atoms with Crippen molar-refractivity contribution in [1.29, 1.82) is 0 Å². The van der Waals surface area contributed by atoms with E-state index in [1.54, 1.807) is 11.8 Å². The summed E-state index contributed by atoms with van der Waals surface area (Å²) in [6, 6.07) is 8.81. The molecule has 1 aromatic rings. The van der Waals surface area contributed by atoms with Crippen molar-refractivity contribution >= 4 is 29.9 Å². The number of benzene rings is 1. The van der Waals surface area contributed by atoms with Crippen molar-refractivity contribution in [2.45, 2.75) is 79.5 Å². The highest BCUT2D eigenvalue weighted by molar-refractivity contribution is 8.04. The zero-order chi connectivity index (χ0) is 28.3. The van der Waals surface area contributed by atoms with Crippen LogP contribution in [0.25, 0.3) is 0 Å². The minimum atomic E-state index is -0.0972. The van der Waals surface area contributed by atoms with Gasteiger partial charge in [-0.15, -0.1) is 0 Å². The van der Waals surface area contributed by atoms with E-state index in [9.17, 15) is 0 Å². The van der Waals surface area contributed by atoms with Crippen LogP contribution in [0.1, 0.15) is 67.7 Å². The van der Waals surface area contributed by atoms with Crippen molar-refractivity contribution in [3.8, 4) is 0 Å². The van der Waals surface area contributed by atoms with Gasteiger partial charge in [-0.1, -0.05) is 60.2 Å². The van der Waals surface area contributed by atoms with Gasteiger partial charge in [0.05, 0.1) is 0 Å². The van der Waals surface area contributed by atoms with Crippen molar-refractivity contribution < 1.29 is 9.53 Å². The van der Waals surface area contributed by atoms with Crippen molar-refractivity contribution in [1.82, 2.24) is 10.6 Å². The standard InChI is InChI=1S/C23H32N4OS.2C2H6.CH5N.CH2O/c1-23(2,3)20-16-24-21(28-20)12-11-19-15-25-22(29-19)26-17-7-9-18(10-8-17)27-13-5-4-6-14-27;4*1-2/h7-12,15-16,21-22,24-26H,4-6,13-14H2,1-3H3;2*1-2H3;2H2,1H3;1H2/b12-11+;;;;. The number of piperidine rings is 1. The number of carbonyl (C=O) groups is 1. The first-order valence-electron chi connectivity index (χ1n) is 13.4. The second-order valence-electron chi connectivity index (χ2n) is 8.77. The number of nitrogens with zero attached hydrogens (tertiary/aromatic N) is 1. The Labute approximate surface area is 230 Å². The first-order chi connectivity index (χ1) is 18.0. The normalized spacial score (nSPS) is 19.9. The van der Waals surface area contributed by atoms with E-state index in [-0.39, 0.29) is 17.1 Å². The van der Waals surface area contributed by atoms with Crippen molar-refractivity contribution in [2.24, 2.45) is 11.1 Å². The number of anilines is 2. The van der Waals surface area contributed by atoms with Gasteiger partial charge >= 0.3 is 0 Å². The van der Waals surface area contributed by atoms with Crippen LogP contribution in [-0.2, 0) is 9.53 Å². The average molecular weight is 534 g/mol. The smallest absolute Gasteiger partial charge is 0.189 e. The Morgan fingerprint density at radius 3 is 2.14 bits per heavy atom. The van der Waals surface area contributed by atoms with E-state index in [4.69, 9.17) is 9.53 Å². The molecule has 5 N–H and O–H groups in total. The number of ether oxygens (including phenoxy) is 1. The number of nitrogens with two attached hydrogens (primary N) is 1. The average Bonchev–Trinajstić information content (AvgIpc) is 3.63. The van der Waals surface area contributed by atoms with Gasteiger partial charge in [0.1, 0.15) is 18.0 Å². The molecule has 7 nitrogen and oxygen atoms in total. The summed E-state index contributed by atoms with van der Waals surface area (Å²) < 4.78 is 5.96. The lowest BCUT2D eigenvalue weighted by atomic mass is 9.95. The highest BCUT2D eigenvalue weighted by Gasteiger charge is 2.25. The lowest BCUT2D eigenvalue weighted by Crippen LogP contribution is -2.29. The molecule has 1 aromatic carbocycles. The fourth-order valence-electron chi connectivity index (χ4n) is 3.63. The Balaban J connectivity index is 0.00000148. The summed E-state index contributed by atoms with van der Waals surface area (Å²) in [5.41, 5.74) is 7.12. The van der Waals surface area contributed by atoms with Crippen LogP contribution in [0.15, 0.2) is 59.5 Å². The van der Waals surface area contributed by atoms with Gasteiger partial charge in [0.25, 0.3) is 0 Å². The minimum Gasteiger partial charge on any atom is -0.469 e. The van der Waals surface area contributed by atoms with Gasteiger partial charge in [-0.25, -0.2) is 0 Å². The van der Waals surface area contributed by atoms with Crippen molar-refractivity contribution in [3.63, 3.8) is 0 Å². The first-order valence-corrected chi connectivity index (χ1v) is 14.3. The second kappa shape index (κ2) is 19.5. The van der Waals surface area contributed by atoms with Crippen LogP contribution in [0.3, 0.4) is 0 Å². The van der Waals surface area contributed by atoms with Crippen LogP contribution >= 0.6 is 11.8 Å². The van der Waals surface area contributed by atoms with E-state index >= 15 is 0 Å². The third-order valence-electron chi connectivity index (χ3n) is 5.32. The predicted molar refractivity (Wildman–Crippen MR) is 163 cm³/mol. The molecule has 3 heterocycles. The summed E-state index contributed by atoms with van der Waals surface area (Å²) in [6.45, 7) is 18.8. The molecule has 0 aromatic heterocycles. The molecule has 8 heteroatoms. The zero-order valence-corrected chi connectivity index (χ0v) is 25.1. The molecule has 0 saturated carbocycles. The molecule has 0 radical (unpaired) electrons. The monoisotopic (exact) mass is 533 g/mol. The molecule has 2 unspecified atom stereocenters. The van der Waals surface area contributed by atoms with Crippen LogP contribution in [0.2, 0.25) is 0 Å². The van der Waals surface area contributed by atoms with Crippen LogP contribution in [0.4, 0.5) is 11.4 Å². The quantitative estimate of drug-likeness (QED) is 0.346. The number of allylic oxidation sites excluding steroid dienone is 2. The van der Waals surface area contributed by atoms with Crippen LogP contribution in [-0.4, -0.2) is 38.7 Å². The maximum absolute atomic E-state index is 8.00. The van der Waals surface area contributed by atoms with Crippen molar-refractivity contribution in [3.05, 3.63) is 59.5 Å². The van der Waals surface area contributed by atoms with Gasteiger partial charge in [-0.3, -0.25) is 0 Å². The first kappa shape index (κ1) is 34.4. The number of hydrogen-bond acceptors (Lipinski definition) is 8. The summed E-state index contributed by atoms with van der Waals surface area (Å²) in [4.78, 5) is 11.7. The van der Waals surface area contributed by atoms with E-state index in [1.165, 1.54) is 50.0 Å². The third-order valence-corrected chi connectivity index (χ3v) is 6.34. The number of rotatable bonds is 5. The van der Waals surface area contributed by atoms with E-state index < -0.39 is 0 Å². The van der Waals surface area contributed by atoms with Gasteiger partial charge in [-0.2, -0.15) is 0 Å². The lowest BCUT2D eigenvalue weighted by molar-refractivity contribution is -0.0980. The fourth-order valence-corrected chi connectivity index (χ4v) is 4.52. The van der Waals surface area contributed by atoms with E-state index in [2.05, 4.69) is 83.8 Å². The van der Waals surface area contributed by atoms with Crippen LogP contribution in [0.5, 0.6) is 0 Å². The number of thioether (sulfide) groups is 1. The van der Waals surface area contributed by atoms with Crippen molar-refractivity contribution in [2.75, 3.05) is 30.4 Å². The van der Waals surface area contributed by atoms with Gasteiger partial charge in [0, 0.05) is 47.2 Å². The Kier molecular flexibility index (Phi) is 18.2. The van der Waals surface area contributed by atoms with Gasteiger partial charge in [0.15, 0.2) is 6.23 Å². The van der Waals surface area contributed by atoms with Gasteiger partial charge < -0.3 is 36.1 Å². The van der Waals surface area contributed by atoms with E-state index in [1.807, 2.05) is 46.9 Å². The SMILES string of the molecule is C=O.CC.CC.CC(C)(C)C1=CNC(/C=C/C2=CNC(Nc3ccc(N4CCCCC4)cc3)S2)O1.CN. The van der Waals surface area contributed by atoms with Gasteiger partial charge in [0.2, 0.25) is 0 Å². The highest BCUT2D eigenvalue weighted by atomic mass is 32.2. The molecule has 37 heavy (non-hydrogen) atoms. The molecular weight excluding hydrogens is 482 g/mol. The predicted octanol–water partition coefficient (Wildman–Crippen LogP) is 6.38. The number of hydrogen-bond donors (Lipinski definition) is 4. The molecule has 0 aliphatic carbocycles. The Hall–Kier alpha value is -2.58. The van der Waals surface area contributed by atoms with E-state index in [0.29, 0.717) is 0 Å². The maximum atomic E-state index is 8.00. The van der Waals surface area contributed by atoms with Gasteiger partial charge in [-0.05, 0) is 62.7 Å². The lowest BCUT2D eigenvalue weighted by Gasteiger charge is -2.29. The fraction of sp³-hybridized carbons (Fsp3) is 0.552. The Morgan fingerprint density at radius 2 is 1.59 bits per heavy atom. The molecule has 2 atom stereocenters. The van der Waals surface area contributed by atoms with E-state index in [0.717, 1.165) is 11.4 Å². The molecule has 0 spiro atoms. The number of carbonyl (C=O) groups excluding carboxylic acids is 1. The molecular formula is C29H51N5O2S. The third kappa shape index (κ3) is 12.0.